The number of nitrogens with two attached hydrogens (primary N) is 1. The number of aryl methyl sites for hydroxylation is 1. The number of ether oxygens (including phenoxy) is 3. The number of allylic oxidation sites excluding steroid dienone is 1. The summed E-state index contributed by atoms with van der Waals surface area (Å²) in [5, 5.41) is 9.80. The van der Waals surface area contributed by atoms with Gasteiger partial charge in [0.05, 0.1) is 35.7 Å². The van der Waals surface area contributed by atoms with E-state index in [1.165, 1.54) is 0 Å². The topological polar surface area (TPSA) is 99.5 Å². The molecule has 2 atom stereocenters. The summed E-state index contributed by atoms with van der Waals surface area (Å²) in [6.07, 6.45) is 1.92. The van der Waals surface area contributed by atoms with Crippen molar-refractivity contribution in [1.29, 1.82) is 5.26 Å². The number of benzene rings is 1. The maximum absolute atomic E-state index is 13.6. The normalized spacial score (nSPS) is 20.5. The van der Waals surface area contributed by atoms with E-state index in [2.05, 4.69) is 22.0 Å². The summed E-state index contributed by atoms with van der Waals surface area (Å²) in [7, 11) is 1.58. The maximum Gasteiger partial charge on any atom is 0.258 e. The lowest BCUT2D eigenvalue weighted by atomic mass is 9.84. The van der Waals surface area contributed by atoms with Gasteiger partial charge in [-0.3, -0.25) is 4.79 Å². The van der Waals surface area contributed by atoms with Gasteiger partial charge in [-0.15, -0.1) is 0 Å². The molecule has 0 saturated carbocycles. The van der Waals surface area contributed by atoms with Gasteiger partial charge < -0.3 is 24.5 Å². The van der Waals surface area contributed by atoms with E-state index in [-0.39, 0.29) is 23.1 Å². The minimum atomic E-state index is -0.634. The average Bonchev–Trinajstić information content (AvgIpc) is 3.23. The van der Waals surface area contributed by atoms with E-state index in [0.717, 1.165) is 28.6 Å². The lowest BCUT2D eigenvalue weighted by Gasteiger charge is -2.28. The Hall–Kier alpha value is -2.76. The Morgan fingerprint density at radius 3 is 2.83 bits per heavy atom. The number of nitriles is 1. The largest absolute Gasteiger partial charge is 0.496 e. The molecule has 1 aromatic carbocycles. The molecule has 0 spiro atoms. The van der Waals surface area contributed by atoms with Crippen LogP contribution < -0.4 is 20.8 Å². The average molecular weight is 472 g/mol. The van der Waals surface area contributed by atoms with Crippen molar-refractivity contribution < 1.29 is 14.2 Å². The SMILES string of the molecule is COc1ccc([C@H]2C(C#N)=C(N)Oc3cc(C)n(C[C@H]4CCCO4)c(=O)c32)cc1Br. The van der Waals surface area contributed by atoms with Gasteiger partial charge in [0.2, 0.25) is 5.88 Å². The lowest BCUT2D eigenvalue weighted by molar-refractivity contribution is 0.0955. The molecule has 0 bridgehead atoms. The second-order valence-corrected chi connectivity index (χ2v) is 8.29. The number of aromatic nitrogens is 1. The van der Waals surface area contributed by atoms with Crippen molar-refractivity contribution in [2.75, 3.05) is 13.7 Å². The summed E-state index contributed by atoms with van der Waals surface area (Å²) >= 11 is 3.49. The predicted octanol–water partition coefficient (Wildman–Crippen LogP) is 3.33. The Bertz CT molecular complexity index is 1130. The molecule has 156 valence electrons. The first-order valence-corrected chi connectivity index (χ1v) is 10.5. The van der Waals surface area contributed by atoms with Crippen LogP contribution in [0.15, 0.2) is 45.0 Å². The van der Waals surface area contributed by atoms with Gasteiger partial charge >= 0.3 is 0 Å². The molecule has 7 nitrogen and oxygen atoms in total. The van der Waals surface area contributed by atoms with E-state index >= 15 is 0 Å². The zero-order valence-electron chi connectivity index (χ0n) is 16.8. The third-order valence-corrected chi connectivity index (χ3v) is 6.23. The fourth-order valence-corrected chi connectivity index (χ4v) is 4.66. The summed E-state index contributed by atoms with van der Waals surface area (Å²) < 4.78 is 19.2. The Kier molecular flexibility index (Phi) is 5.58. The van der Waals surface area contributed by atoms with Gasteiger partial charge in [-0.2, -0.15) is 5.26 Å². The van der Waals surface area contributed by atoms with Crippen molar-refractivity contribution in [3.8, 4) is 17.6 Å². The minimum absolute atomic E-state index is 0.00795. The highest BCUT2D eigenvalue weighted by Crippen LogP contribution is 2.42. The van der Waals surface area contributed by atoms with Crippen molar-refractivity contribution in [3.05, 3.63) is 67.4 Å². The van der Waals surface area contributed by atoms with Crippen LogP contribution in [0.2, 0.25) is 0 Å². The fraction of sp³-hybridized carbons (Fsp3) is 0.364. The number of pyridine rings is 1. The molecule has 0 unspecified atom stereocenters. The molecule has 2 N–H and O–H groups in total. The second-order valence-electron chi connectivity index (χ2n) is 7.43. The van der Waals surface area contributed by atoms with Gasteiger partial charge in [0.25, 0.3) is 5.56 Å². The highest BCUT2D eigenvalue weighted by atomic mass is 79.9. The summed E-state index contributed by atoms with van der Waals surface area (Å²) in [4.78, 5) is 13.6. The second kappa shape index (κ2) is 8.17. The molecule has 0 aliphatic carbocycles. The van der Waals surface area contributed by atoms with Crippen LogP contribution in [-0.2, 0) is 11.3 Å². The van der Waals surface area contributed by atoms with Crippen molar-refractivity contribution >= 4 is 15.9 Å². The van der Waals surface area contributed by atoms with Crippen LogP contribution in [0.3, 0.4) is 0 Å². The molecule has 4 rings (SSSR count). The van der Waals surface area contributed by atoms with Crippen molar-refractivity contribution in [1.82, 2.24) is 4.57 Å². The maximum atomic E-state index is 13.6. The number of rotatable bonds is 4. The van der Waals surface area contributed by atoms with Crippen molar-refractivity contribution in [2.45, 2.75) is 38.3 Å². The number of fused-ring (bicyclic) bond motifs is 1. The predicted molar refractivity (Wildman–Crippen MR) is 114 cm³/mol. The van der Waals surface area contributed by atoms with Crippen LogP contribution in [0.5, 0.6) is 11.5 Å². The number of halogens is 1. The Morgan fingerprint density at radius 2 is 2.20 bits per heavy atom. The first-order valence-electron chi connectivity index (χ1n) is 9.71. The summed E-state index contributed by atoms with van der Waals surface area (Å²) in [5.74, 6) is 0.415. The molecule has 1 saturated heterocycles. The molecule has 3 heterocycles. The molecule has 30 heavy (non-hydrogen) atoms. The van der Waals surface area contributed by atoms with Gasteiger partial charge in [0, 0.05) is 18.4 Å². The molecule has 2 aliphatic heterocycles. The van der Waals surface area contributed by atoms with Crippen LogP contribution in [0.1, 0.15) is 35.6 Å². The first-order chi connectivity index (χ1) is 14.4. The van der Waals surface area contributed by atoms with Gasteiger partial charge in [0.1, 0.15) is 23.1 Å². The van der Waals surface area contributed by atoms with Crippen molar-refractivity contribution in [2.24, 2.45) is 5.73 Å². The van der Waals surface area contributed by atoms with E-state index in [9.17, 15) is 10.1 Å². The molecule has 1 aromatic heterocycles. The van der Waals surface area contributed by atoms with Crippen LogP contribution in [0.4, 0.5) is 0 Å². The van der Waals surface area contributed by atoms with Crippen LogP contribution in [0, 0.1) is 18.3 Å². The molecule has 1 fully saturated rings. The molecule has 2 aliphatic rings. The highest BCUT2D eigenvalue weighted by Gasteiger charge is 2.35. The highest BCUT2D eigenvalue weighted by molar-refractivity contribution is 9.10. The Labute approximate surface area is 182 Å². The van der Waals surface area contributed by atoms with Crippen molar-refractivity contribution in [3.63, 3.8) is 0 Å². The Balaban J connectivity index is 1.89. The number of methoxy groups -OCH3 is 1. The van der Waals surface area contributed by atoms with E-state index in [1.54, 1.807) is 23.8 Å². The number of hydrogen-bond donors (Lipinski definition) is 1. The van der Waals surface area contributed by atoms with Gasteiger partial charge in [-0.05, 0) is 53.4 Å². The zero-order chi connectivity index (χ0) is 21.4. The standard InChI is InChI=1S/C22H22BrN3O4/c1-12-8-18-20(22(27)26(12)11-14-4-3-7-29-14)19(15(10-24)21(25)30-18)13-5-6-17(28-2)16(23)9-13/h5-6,8-9,14,19H,3-4,7,11,25H2,1-2H3/t14-,19+/m1/s1. The smallest absolute Gasteiger partial charge is 0.258 e. The Morgan fingerprint density at radius 1 is 1.40 bits per heavy atom. The first kappa shape index (κ1) is 20.5. The summed E-state index contributed by atoms with van der Waals surface area (Å²) in [6, 6.07) is 9.40. The fourth-order valence-electron chi connectivity index (χ4n) is 4.10. The van der Waals surface area contributed by atoms with E-state index in [0.29, 0.717) is 30.2 Å². The van der Waals surface area contributed by atoms with Gasteiger partial charge in [0.15, 0.2) is 0 Å². The minimum Gasteiger partial charge on any atom is -0.496 e. The van der Waals surface area contributed by atoms with E-state index in [1.807, 2.05) is 19.1 Å². The van der Waals surface area contributed by atoms with E-state index < -0.39 is 5.92 Å². The monoisotopic (exact) mass is 471 g/mol. The lowest BCUT2D eigenvalue weighted by Crippen LogP contribution is -2.35. The molecule has 2 aromatic rings. The third-order valence-electron chi connectivity index (χ3n) is 5.61. The summed E-state index contributed by atoms with van der Waals surface area (Å²) in [5.41, 5.74) is 7.99. The molecule has 0 radical (unpaired) electrons. The zero-order valence-corrected chi connectivity index (χ0v) is 18.4. The number of hydrogen-bond acceptors (Lipinski definition) is 6. The van der Waals surface area contributed by atoms with Crippen LogP contribution in [0.25, 0.3) is 0 Å². The van der Waals surface area contributed by atoms with Crippen LogP contribution >= 0.6 is 15.9 Å². The molecule has 8 heteroatoms. The van der Waals surface area contributed by atoms with Crippen LogP contribution in [-0.4, -0.2) is 24.4 Å². The van der Waals surface area contributed by atoms with Gasteiger partial charge in [-0.25, -0.2) is 0 Å². The molecule has 0 amide bonds. The molecular weight excluding hydrogens is 450 g/mol. The molecular formula is C22H22BrN3O4. The summed E-state index contributed by atoms with van der Waals surface area (Å²) in [6.45, 7) is 3.05. The van der Waals surface area contributed by atoms with E-state index in [4.69, 9.17) is 19.9 Å². The quantitative estimate of drug-likeness (QED) is 0.733. The van der Waals surface area contributed by atoms with Gasteiger partial charge in [-0.1, -0.05) is 6.07 Å². The number of nitrogens with zero attached hydrogens (tertiary/aromatic N) is 2. The third kappa shape index (κ3) is 3.48.